The van der Waals surface area contributed by atoms with Crippen molar-refractivity contribution >= 4 is 10.9 Å². The minimum atomic E-state index is 0.101. The van der Waals surface area contributed by atoms with Crippen LogP contribution in [0.4, 0.5) is 0 Å². The van der Waals surface area contributed by atoms with Gasteiger partial charge < -0.3 is 0 Å². The van der Waals surface area contributed by atoms with E-state index < -0.39 is 0 Å². The number of hydrogen-bond acceptors (Lipinski definition) is 3. The molecule has 3 rings (SSSR count). The van der Waals surface area contributed by atoms with Gasteiger partial charge in [0.25, 0.3) is 0 Å². The van der Waals surface area contributed by atoms with E-state index in [2.05, 4.69) is 58.9 Å². The van der Waals surface area contributed by atoms with E-state index in [0.29, 0.717) is 0 Å². The lowest BCUT2D eigenvalue weighted by atomic mass is 9.97. The fourth-order valence-corrected chi connectivity index (χ4v) is 2.69. The lowest BCUT2D eigenvalue weighted by Crippen LogP contribution is -2.28. The molecule has 0 aliphatic carbocycles. The Balaban J connectivity index is 1.85. The summed E-state index contributed by atoms with van der Waals surface area (Å²) in [6.07, 6.45) is 3.76. The minimum Gasteiger partial charge on any atom is -0.271 e. The highest BCUT2D eigenvalue weighted by Crippen LogP contribution is 2.25. The summed E-state index contributed by atoms with van der Waals surface area (Å²) in [6.45, 7) is 0. The summed E-state index contributed by atoms with van der Waals surface area (Å²) in [6, 6.07) is 20.9. The van der Waals surface area contributed by atoms with Gasteiger partial charge >= 0.3 is 0 Å². The van der Waals surface area contributed by atoms with Crippen LogP contribution >= 0.6 is 0 Å². The second-order valence-electron chi connectivity index (χ2n) is 5.17. The Bertz CT molecular complexity index is 704. The molecule has 0 saturated carbocycles. The van der Waals surface area contributed by atoms with Crippen LogP contribution < -0.4 is 11.3 Å². The van der Waals surface area contributed by atoms with Gasteiger partial charge in [-0.3, -0.25) is 16.3 Å². The lowest BCUT2D eigenvalue weighted by molar-refractivity contribution is 0.519. The molecule has 1 aromatic heterocycles. The molecule has 21 heavy (non-hydrogen) atoms. The summed E-state index contributed by atoms with van der Waals surface area (Å²) in [5.41, 5.74) is 6.45. The van der Waals surface area contributed by atoms with E-state index in [1.807, 2.05) is 18.3 Å². The topological polar surface area (TPSA) is 50.9 Å². The number of pyridine rings is 1. The van der Waals surface area contributed by atoms with Crippen LogP contribution in [0.3, 0.4) is 0 Å². The zero-order valence-electron chi connectivity index (χ0n) is 11.9. The largest absolute Gasteiger partial charge is 0.271 e. The molecule has 0 aliphatic heterocycles. The van der Waals surface area contributed by atoms with Crippen molar-refractivity contribution in [3.05, 3.63) is 78.0 Å². The monoisotopic (exact) mass is 277 g/mol. The average Bonchev–Trinajstić information content (AvgIpc) is 2.56. The zero-order valence-corrected chi connectivity index (χ0v) is 11.9. The number of hydrazine groups is 1. The Hall–Kier alpha value is -2.23. The molecule has 0 fully saturated rings. The van der Waals surface area contributed by atoms with E-state index in [1.54, 1.807) is 0 Å². The number of rotatable bonds is 5. The van der Waals surface area contributed by atoms with Crippen molar-refractivity contribution in [2.24, 2.45) is 5.84 Å². The number of hydrogen-bond donors (Lipinski definition) is 2. The highest BCUT2D eigenvalue weighted by Gasteiger charge is 2.13. The third kappa shape index (κ3) is 3.10. The Morgan fingerprint density at radius 1 is 0.952 bits per heavy atom. The third-order valence-electron chi connectivity index (χ3n) is 3.81. The maximum absolute atomic E-state index is 5.78. The van der Waals surface area contributed by atoms with Gasteiger partial charge in [-0.25, -0.2) is 0 Å². The van der Waals surface area contributed by atoms with Gasteiger partial charge in [0.05, 0.1) is 5.52 Å². The molecule has 1 unspecified atom stereocenters. The molecule has 0 spiro atoms. The van der Waals surface area contributed by atoms with E-state index in [4.69, 9.17) is 5.84 Å². The summed E-state index contributed by atoms with van der Waals surface area (Å²) in [4.78, 5) is 4.51. The first-order valence-corrected chi connectivity index (χ1v) is 7.22. The molecule has 1 heterocycles. The number of nitrogens with two attached hydrogens (primary N) is 1. The molecular formula is C18H19N3. The number of aryl methyl sites for hydroxylation is 1. The predicted molar refractivity (Wildman–Crippen MR) is 86.6 cm³/mol. The van der Waals surface area contributed by atoms with E-state index in [1.165, 1.54) is 5.56 Å². The van der Waals surface area contributed by atoms with Gasteiger partial charge in [0, 0.05) is 17.6 Å². The van der Waals surface area contributed by atoms with Gasteiger partial charge in [-0.05, 0) is 30.0 Å². The first kappa shape index (κ1) is 13.7. The van der Waals surface area contributed by atoms with Gasteiger partial charge in [0.1, 0.15) is 0 Å². The molecule has 0 bridgehead atoms. The third-order valence-corrected chi connectivity index (χ3v) is 3.81. The quantitative estimate of drug-likeness (QED) is 0.555. The van der Waals surface area contributed by atoms with Crippen molar-refractivity contribution in [3.8, 4) is 0 Å². The van der Waals surface area contributed by atoms with Crippen LogP contribution in [0.5, 0.6) is 0 Å². The van der Waals surface area contributed by atoms with Crippen LogP contribution in [0.1, 0.15) is 23.6 Å². The number of nitrogens with zero attached hydrogens (tertiary/aromatic N) is 1. The molecule has 3 nitrogen and oxygen atoms in total. The normalized spacial score (nSPS) is 12.4. The first-order chi connectivity index (χ1) is 10.4. The van der Waals surface area contributed by atoms with E-state index in [-0.39, 0.29) is 6.04 Å². The van der Waals surface area contributed by atoms with Crippen molar-refractivity contribution in [1.82, 2.24) is 10.4 Å². The average molecular weight is 277 g/mol. The molecule has 0 saturated heterocycles. The molecular weight excluding hydrogens is 258 g/mol. The van der Waals surface area contributed by atoms with Gasteiger partial charge in [-0.15, -0.1) is 0 Å². The Morgan fingerprint density at radius 2 is 1.76 bits per heavy atom. The molecule has 106 valence electrons. The Morgan fingerprint density at radius 3 is 2.57 bits per heavy atom. The lowest BCUT2D eigenvalue weighted by Gasteiger charge is -2.18. The molecule has 3 N–H and O–H groups in total. The van der Waals surface area contributed by atoms with Crippen molar-refractivity contribution in [2.45, 2.75) is 18.9 Å². The summed E-state index contributed by atoms with van der Waals surface area (Å²) >= 11 is 0. The highest BCUT2D eigenvalue weighted by molar-refractivity contribution is 5.81. The molecule has 0 aliphatic rings. The van der Waals surface area contributed by atoms with Crippen molar-refractivity contribution in [2.75, 3.05) is 0 Å². The number of aromatic nitrogens is 1. The maximum atomic E-state index is 5.78. The molecule has 3 aromatic rings. The van der Waals surface area contributed by atoms with Crippen LogP contribution in [0.15, 0.2) is 66.9 Å². The molecule has 0 radical (unpaired) electrons. The summed E-state index contributed by atoms with van der Waals surface area (Å²) in [7, 11) is 0. The van der Waals surface area contributed by atoms with Crippen LogP contribution in [-0.4, -0.2) is 4.98 Å². The summed E-state index contributed by atoms with van der Waals surface area (Å²) < 4.78 is 0. The van der Waals surface area contributed by atoms with Crippen molar-refractivity contribution < 1.29 is 0 Å². The molecule has 3 heteroatoms. The molecule has 2 aromatic carbocycles. The van der Waals surface area contributed by atoms with Crippen molar-refractivity contribution in [1.29, 1.82) is 0 Å². The highest BCUT2D eigenvalue weighted by atomic mass is 15.2. The van der Waals surface area contributed by atoms with Gasteiger partial charge in [0.15, 0.2) is 0 Å². The van der Waals surface area contributed by atoms with Gasteiger partial charge in [-0.1, -0.05) is 54.6 Å². The van der Waals surface area contributed by atoms with Crippen LogP contribution in [-0.2, 0) is 6.42 Å². The number of para-hydroxylation sites is 1. The van der Waals surface area contributed by atoms with Crippen LogP contribution in [0.2, 0.25) is 0 Å². The maximum Gasteiger partial charge on any atom is 0.0750 e. The van der Waals surface area contributed by atoms with Crippen molar-refractivity contribution in [3.63, 3.8) is 0 Å². The zero-order chi connectivity index (χ0) is 14.5. The van der Waals surface area contributed by atoms with Crippen LogP contribution in [0.25, 0.3) is 10.9 Å². The van der Waals surface area contributed by atoms with E-state index >= 15 is 0 Å². The van der Waals surface area contributed by atoms with Crippen LogP contribution in [0, 0.1) is 0 Å². The fourth-order valence-electron chi connectivity index (χ4n) is 2.69. The minimum absolute atomic E-state index is 0.101. The Labute approximate surface area is 124 Å². The summed E-state index contributed by atoms with van der Waals surface area (Å²) in [5, 5.41) is 1.15. The number of fused-ring (bicyclic) bond motifs is 1. The second kappa shape index (κ2) is 6.48. The number of benzene rings is 2. The van der Waals surface area contributed by atoms with E-state index in [0.717, 1.165) is 29.3 Å². The molecule has 0 amide bonds. The second-order valence-corrected chi connectivity index (χ2v) is 5.17. The first-order valence-electron chi connectivity index (χ1n) is 7.22. The predicted octanol–water partition coefficient (Wildman–Crippen LogP) is 3.37. The number of nitrogens with one attached hydrogen (secondary N) is 1. The van der Waals surface area contributed by atoms with Gasteiger partial charge in [-0.2, -0.15) is 0 Å². The summed E-state index contributed by atoms with van der Waals surface area (Å²) in [5.74, 6) is 5.78. The Kier molecular flexibility index (Phi) is 4.24. The van der Waals surface area contributed by atoms with E-state index in [9.17, 15) is 0 Å². The SMILES string of the molecule is NNC(CCc1ccccc1)c1cccc2cccnc12. The smallest absolute Gasteiger partial charge is 0.0750 e. The standard InChI is InChI=1S/C18H19N3/c19-21-17(12-11-14-6-2-1-3-7-14)16-10-4-8-15-9-5-13-20-18(15)16/h1-10,13,17,21H,11-12,19H2. The fraction of sp³-hybridized carbons (Fsp3) is 0.167. The molecule has 1 atom stereocenters. The van der Waals surface area contributed by atoms with Gasteiger partial charge in [0.2, 0.25) is 0 Å².